The first kappa shape index (κ1) is 21.0. The van der Waals surface area contributed by atoms with E-state index in [4.69, 9.17) is 5.11 Å². The molecular weight excluding hydrogens is 420 g/mol. The molecule has 158 valence electrons. The smallest absolute Gasteiger partial charge is 0.264 e. The average Bonchev–Trinajstić information content (AvgIpc) is 3.35. The third kappa shape index (κ3) is 5.10. The molecule has 4 rings (SSSR count). The summed E-state index contributed by atoms with van der Waals surface area (Å²) in [6.45, 7) is 3.63. The van der Waals surface area contributed by atoms with Gasteiger partial charge in [-0.2, -0.15) is 0 Å². The number of thiazole rings is 1. The highest BCUT2D eigenvalue weighted by atomic mass is 32.2. The number of carbonyl (C=O) groups excluding carboxylic acids is 1. The van der Waals surface area contributed by atoms with E-state index in [9.17, 15) is 9.90 Å². The van der Waals surface area contributed by atoms with E-state index in [0.29, 0.717) is 38.8 Å². The maximum Gasteiger partial charge on any atom is 0.264 e. The van der Waals surface area contributed by atoms with Gasteiger partial charge in [0.2, 0.25) is 0 Å². The molecule has 3 N–H and O–H groups in total. The number of amidine groups is 1. The highest BCUT2D eigenvalue weighted by Crippen LogP contribution is 2.33. The van der Waals surface area contributed by atoms with Crippen molar-refractivity contribution >= 4 is 40.2 Å². The minimum absolute atomic E-state index is 0.159. The number of rotatable bonds is 6. The lowest BCUT2D eigenvalue weighted by Crippen LogP contribution is -2.36. The zero-order chi connectivity index (χ0) is 20.9. The Labute approximate surface area is 183 Å². The van der Waals surface area contributed by atoms with Gasteiger partial charge in [0.15, 0.2) is 5.17 Å². The average molecular weight is 445 g/mol. The predicted octanol–water partition coefficient (Wildman–Crippen LogP) is 2.78. The van der Waals surface area contributed by atoms with Crippen molar-refractivity contribution < 1.29 is 15.0 Å². The van der Waals surface area contributed by atoms with Crippen molar-refractivity contribution in [1.82, 2.24) is 15.2 Å². The molecule has 1 aromatic carbocycles. The van der Waals surface area contributed by atoms with E-state index < -0.39 is 0 Å². The number of carbonyl (C=O) groups is 1. The highest BCUT2D eigenvalue weighted by molar-refractivity contribution is 8.18. The van der Waals surface area contributed by atoms with E-state index in [0.717, 1.165) is 32.5 Å². The minimum atomic E-state index is -0.159. The third-order valence-corrected chi connectivity index (χ3v) is 7.04. The molecule has 0 saturated carbocycles. The van der Waals surface area contributed by atoms with Crippen molar-refractivity contribution in [2.24, 2.45) is 10.9 Å². The van der Waals surface area contributed by atoms with Gasteiger partial charge < -0.3 is 20.4 Å². The standard InChI is InChI=1S/C21H24N4O3S2/c26-10-9-25-7-5-14(6-8-25)12-22-21-24-19(28)18(30-21)11-15-13-29-20(23-15)16-3-1-2-4-17(16)27/h1-4,11,13-14,26-27H,5-10,12H2,(H,22,24,28)/b18-11-. The van der Waals surface area contributed by atoms with Crippen LogP contribution in [0.3, 0.4) is 0 Å². The Bertz CT molecular complexity index is 965. The van der Waals surface area contributed by atoms with E-state index >= 15 is 0 Å². The van der Waals surface area contributed by atoms with E-state index in [-0.39, 0.29) is 18.3 Å². The van der Waals surface area contributed by atoms with Gasteiger partial charge in [-0.05, 0) is 61.8 Å². The van der Waals surface area contributed by atoms with Crippen LogP contribution in [0.5, 0.6) is 5.75 Å². The van der Waals surface area contributed by atoms with Crippen LogP contribution in [0, 0.1) is 5.92 Å². The minimum Gasteiger partial charge on any atom is -0.507 e. The summed E-state index contributed by atoms with van der Waals surface area (Å²) < 4.78 is 0. The van der Waals surface area contributed by atoms with Crippen LogP contribution in [-0.4, -0.2) is 64.0 Å². The first-order valence-corrected chi connectivity index (χ1v) is 11.6. The van der Waals surface area contributed by atoms with Crippen LogP contribution in [0.1, 0.15) is 18.5 Å². The predicted molar refractivity (Wildman–Crippen MR) is 121 cm³/mol. The van der Waals surface area contributed by atoms with Gasteiger partial charge in [-0.3, -0.25) is 9.79 Å². The van der Waals surface area contributed by atoms with Crippen molar-refractivity contribution in [1.29, 1.82) is 0 Å². The fourth-order valence-electron chi connectivity index (χ4n) is 3.51. The monoisotopic (exact) mass is 444 g/mol. The summed E-state index contributed by atoms with van der Waals surface area (Å²) in [4.78, 5) is 24.3. The van der Waals surface area contributed by atoms with Crippen molar-refractivity contribution in [3.05, 3.63) is 40.2 Å². The van der Waals surface area contributed by atoms with Gasteiger partial charge in [-0.15, -0.1) is 11.3 Å². The number of aliphatic hydroxyl groups is 1. The first-order valence-electron chi connectivity index (χ1n) is 9.95. The van der Waals surface area contributed by atoms with Gasteiger partial charge in [0, 0.05) is 18.5 Å². The Morgan fingerprint density at radius 3 is 2.87 bits per heavy atom. The Morgan fingerprint density at radius 2 is 2.10 bits per heavy atom. The second kappa shape index (κ2) is 9.74. The molecule has 2 fully saturated rings. The number of aliphatic hydroxyl groups excluding tert-OH is 1. The molecule has 0 radical (unpaired) electrons. The Kier molecular flexibility index (Phi) is 6.83. The number of aromatic nitrogens is 1. The number of para-hydroxylation sites is 1. The number of aliphatic imine (C=N–C) groups is 1. The van der Waals surface area contributed by atoms with Crippen molar-refractivity contribution in [3.8, 4) is 16.3 Å². The van der Waals surface area contributed by atoms with Crippen LogP contribution < -0.4 is 5.32 Å². The van der Waals surface area contributed by atoms with Gasteiger partial charge >= 0.3 is 0 Å². The number of likely N-dealkylation sites (tertiary alicyclic amines) is 1. The van der Waals surface area contributed by atoms with Crippen molar-refractivity contribution in [2.75, 3.05) is 32.8 Å². The third-order valence-electron chi connectivity index (χ3n) is 5.20. The second-order valence-electron chi connectivity index (χ2n) is 7.31. The van der Waals surface area contributed by atoms with Crippen LogP contribution >= 0.6 is 23.1 Å². The molecule has 2 aromatic rings. The molecule has 2 aliphatic heterocycles. The van der Waals surface area contributed by atoms with E-state index in [1.54, 1.807) is 18.2 Å². The number of nitrogens with one attached hydrogen (secondary N) is 1. The van der Waals surface area contributed by atoms with Crippen molar-refractivity contribution in [2.45, 2.75) is 12.8 Å². The molecule has 0 bridgehead atoms. The van der Waals surface area contributed by atoms with Gasteiger partial charge in [-0.1, -0.05) is 12.1 Å². The van der Waals surface area contributed by atoms with Crippen LogP contribution in [0.15, 0.2) is 39.5 Å². The molecule has 7 nitrogen and oxygen atoms in total. The van der Waals surface area contributed by atoms with Crippen LogP contribution in [0.25, 0.3) is 16.6 Å². The number of benzene rings is 1. The zero-order valence-electron chi connectivity index (χ0n) is 16.5. The summed E-state index contributed by atoms with van der Waals surface area (Å²) in [6, 6.07) is 7.08. The SMILES string of the molecule is O=C1NC(=NCC2CCN(CCO)CC2)S/C1=C\c1csc(-c2ccccc2O)n1. The van der Waals surface area contributed by atoms with Crippen molar-refractivity contribution in [3.63, 3.8) is 0 Å². The van der Waals surface area contributed by atoms with Gasteiger partial charge in [-0.25, -0.2) is 4.98 Å². The number of aromatic hydroxyl groups is 1. The van der Waals surface area contributed by atoms with Crippen LogP contribution in [0.2, 0.25) is 0 Å². The van der Waals surface area contributed by atoms with E-state index in [1.165, 1.54) is 23.1 Å². The summed E-state index contributed by atoms with van der Waals surface area (Å²) >= 11 is 2.77. The topological polar surface area (TPSA) is 98.1 Å². The normalized spacial score (nSPS) is 20.9. The molecule has 30 heavy (non-hydrogen) atoms. The molecule has 1 aromatic heterocycles. The lowest BCUT2D eigenvalue weighted by molar-refractivity contribution is -0.115. The van der Waals surface area contributed by atoms with Crippen LogP contribution in [0.4, 0.5) is 0 Å². The number of nitrogens with zero attached hydrogens (tertiary/aromatic N) is 3. The number of hydrogen-bond donors (Lipinski definition) is 3. The molecule has 2 aliphatic rings. The number of thioether (sulfide) groups is 1. The number of piperidine rings is 1. The van der Waals surface area contributed by atoms with E-state index in [1.807, 2.05) is 17.5 Å². The Balaban J connectivity index is 1.36. The first-order chi connectivity index (χ1) is 14.6. The lowest BCUT2D eigenvalue weighted by Gasteiger charge is -2.30. The Morgan fingerprint density at radius 1 is 1.30 bits per heavy atom. The summed E-state index contributed by atoms with van der Waals surface area (Å²) in [5, 5.41) is 25.1. The summed E-state index contributed by atoms with van der Waals surface area (Å²) in [5.74, 6) is 0.543. The molecule has 0 spiro atoms. The molecule has 1 amide bonds. The van der Waals surface area contributed by atoms with Crippen LogP contribution in [-0.2, 0) is 4.79 Å². The summed E-state index contributed by atoms with van der Waals surface area (Å²) in [7, 11) is 0. The summed E-state index contributed by atoms with van der Waals surface area (Å²) in [6.07, 6.45) is 3.88. The zero-order valence-corrected chi connectivity index (χ0v) is 18.1. The molecule has 2 saturated heterocycles. The molecular formula is C21H24N4O3S2. The lowest BCUT2D eigenvalue weighted by atomic mass is 9.97. The molecule has 0 atom stereocenters. The highest BCUT2D eigenvalue weighted by Gasteiger charge is 2.25. The fourth-order valence-corrected chi connectivity index (χ4v) is 5.14. The Hall–Kier alpha value is -2.20. The molecule has 0 aliphatic carbocycles. The molecule has 3 heterocycles. The number of phenols is 1. The number of phenolic OH excluding ortho intramolecular Hbond substituents is 1. The van der Waals surface area contributed by atoms with Gasteiger partial charge in [0.1, 0.15) is 10.8 Å². The van der Waals surface area contributed by atoms with Gasteiger partial charge in [0.05, 0.1) is 22.8 Å². The second-order valence-corrected chi connectivity index (χ2v) is 9.20. The summed E-state index contributed by atoms with van der Waals surface area (Å²) in [5.41, 5.74) is 1.37. The number of β-amino-alcohol motifs (C(OH)–C–C–N with tert-alkyl or cyclic N) is 1. The van der Waals surface area contributed by atoms with Gasteiger partial charge in [0.25, 0.3) is 5.91 Å². The number of hydrogen-bond acceptors (Lipinski definition) is 8. The maximum absolute atomic E-state index is 12.3. The molecule has 0 unspecified atom stereocenters. The van der Waals surface area contributed by atoms with E-state index in [2.05, 4.69) is 20.2 Å². The maximum atomic E-state index is 12.3. The largest absolute Gasteiger partial charge is 0.507 e. The number of amides is 1. The fraction of sp³-hybridized carbons (Fsp3) is 0.381. The molecule has 9 heteroatoms. The quantitative estimate of drug-likeness (QED) is 0.593.